The Morgan fingerprint density at radius 2 is 1.89 bits per heavy atom. The van der Waals surface area contributed by atoms with Gasteiger partial charge in [0.05, 0.1) is 0 Å². The third kappa shape index (κ3) is 4.87. The average Bonchev–Trinajstić information content (AvgIpc) is 2.29. The molecule has 1 rings (SSSR count). The van der Waals surface area contributed by atoms with Crippen molar-refractivity contribution in [1.29, 1.82) is 0 Å². The summed E-state index contributed by atoms with van der Waals surface area (Å²) < 4.78 is -1.49. The minimum Gasteiger partial charge on any atom is -0.335 e. The van der Waals surface area contributed by atoms with Crippen LogP contribution in [0.4, 0.5) is 4.79 Å². The van der Waals surface area contributed by atoms with Crippen molar-refractivity contribution in [2.45, 2.75) is 47.3 Å². The largest absolute Gasteiger partial charge is 0.335 e. The summed E-state index contributed by atoms with van der Waals surface area (Å²) in [6.07, 6.45) is 7.49. The normalized spacial score (nSPS) is 19.4. The highest BCUT2D eigenvalue weighted by Gasteiger charge is 2.37. The molecule has 0 spiro atoms. The van der Waals surface area contributed by atoms with Gasteiger partial charge in [0, 0.05) is 13.1 Å². The maximum absolute atomic E-state index is 12.1. The number of carbonyl (C=O) groups is 1. The van der Waals surface area contributed by atoms with E-state index in [9.17, 15) is 4.79 Å². The van der Waals surface area contributed by atoms with E-state index in [0.29, 0.717) is 0 Å². The number of thioether (sulfide) groups is 1. The summed E-state index contributed by atoms with van der Waals surface area (Å²) in [6, 6.07) is 0.0826. The van der Waals surface area contributed by atoms with Gasteiger partial charge in [0.25, 0.3) is 0 Å². The van der Waals surface area contributed by atoms with Crippen molar-refractivity contribution in [2.24, 2.45) is 0 Å². The van der Waals surface area contributed by atoms with Crippen molar-refractivity contribution in [3.8, 4) is 0 Å². The molecule has 1 aliphatic rings. The lowest BCUT2D eigenvalue weighted by Crippen LogP contribution is -2.50. The molecule has 0 aromatic carbocycles. The van der Waals surface area contributed by atoms with E-state index in [4.69, 9.17) is 34.8 Å². The van der Waals surface area contributed by atoms with Gasteiger partial charge < -0.3 is 10.2 Å². The summed E-state index contributed by atoms with van der Waals surface area (Å²) >= 11 is 19.0. The number of nitrogens with zero attached hydrogens (tertiary/aromatic N) is 1. The Bertz CT molecular complexity index is 280. The molecule has 1 fully saturated rings. The highest BCUT2D eigenvalue weighted by atomic mass is 35.6. The number of alkyl halides is 3. The first-order chi connectivity index (χ1) is 8.36. The number of urea groups is 1. The molecule has 1 atom stereocenters. The number of carbonyl (C=O) groups excluding carboxylic acids is 1. The topological polar surface area (TPSA) is 32.3 Å². The SMILES string of the molecule is CSC(N(C)C(=O)NC1CCCCC1)C(Cl)(Cl)Cl. The zero-order valence-electron chi connectivity index (χ0n) is 10.6. The molecule has 1 N–H and O–H groups in total. The van der Waals surface area contributed by atoms with Gasteiger partial charge in [0.1, 0.15) is 5.37 Å². The van der Waals surface area contributed by atoms with Gasteiger partial charge in [0.2, 0.25) is 3.79 Å². The summed E-state index contributed by atoms with van der Waals surface area (Å²) in [5, 5.41) is 2.51. The number of halogens is 3. The Labute approximate surface area is 128 Å². The van der Waals surface area contributed by atoms with Crippen LogP contribution < -0.4 is 5.32 Å². The van der Waals surface area contributed by atoms with E-state index in [1.807, 2.05) is 6.26 Å². The van der Waals surface area contributed by atoms with Gasteiger partial charge in [0.15, 0.2) is 0 Å². The number of hydrogen-bond donors (Lipinski definition) is 1. The zero-order valence-corrected chi connectivity index (χ0v) is 13.7. The van der Waals surface area contributed by atoms with E-state index < -0.39 is 9.17 Å². The Morgan fingerprint density at radius 3 is 2.33 bits per heavy atom. The summed E-state index contributed by atoms with van der Waals surface area (Å²) in [5.74, 6) is 0. The van der Waals surface area contributed by atoms with Crippen LogP contribution in [0.2, 0.25) is 0 Å². The average molecular weight is 334 g/mol. The van der Waals surface area contributed by atoms with Crippen molar-refractivity contribution in [1.82, 2.24) is 10.2 Å². The Hall–Kier alpha value is 0.490. The molecule has 0 radical (unpaired) electrons. The zero-order chi connectivity index (χ0) is 13.8. The summed E-state index contributed by atoms with van der Waals surface area (Å²) in [7, 11) is 1.65. The molecular formula is C11H19Cl3N2OS. The van der Waals surface area contributed by atoms with Crippen LogP contribution in [0.25, 0.3) is 0 Å². The van der Waals surface area contributed by atoms with Crippen molar-refractivity contribution in [3.05, 3.63) is 0 Å². The van der Waals surface area contributed by atoms with Crippen molar-refractivity contribution >= 4 is 52.6 Å². The van der Waals surface area contributed by atoms with E-state index in [0.717, 1.165) is 12.8 Å². The number of amides is 2. The molecule has 0 aromatic heterocycles. The second kappa shape index (κ2) is 7.32. The number of nitrogens with one attached hydrogen (secondary N) is 1. The predicted octanol–water partition coefficient (Wildman–Crippen LogP) is 4.02. The predicted molar refractivity (Wildman–Crippen MR) is 80.8 cm³/mol. The smallest absolute Gasteiger partial charge is 0.318 e. The lowest BCUT2D eigenvalue weighted by atomic mass is 9.96. The van der Waals surface area contributed by atoms with Gasteiger partial charge in [-0.05, 0) is 19.1 Å². The summed E-state index contributed by atoms with van der Waals surface area (Å²) in [5.41, 5.74) is 0. The molecule has 1 unspecified atom stereocenters. The molecule has 3 nitrogen and oxygen atoms in total. The van der Waals surface area contributed by atoms with Gasteiger partial charge >= 0.3 is 6.03 Å². The quantitative estimate of drug-likeness (QED) is 0.625. The molecule has 18 heavy (non-hydrogen) atoms. The van der Waals surface area contributed by atoms with Crippen molar-refractivity contribution in [2.75, 3.05) is 13.3 Å². The maximum Gasteiger partial charge on any atom is 0.318 e. The van der Waals surface area contributed by atoms with Gasteiger partial charge in [-0.25, -0.2) is 4.79 Å². The van der Waals surface area contributed by atoms with Crippen molar-refractivity contribution < 1.29 is 4.79 Å². The molecule has 0 heterocycles. The van der Waals surface area contributed by atoms with E-state index in [1.165, 1.54) is 35.9 Å². The van der Waals surface area contributed by atoms with Crippen molar-refractivity contribution in [3.63, 3.8) is 0 Å². The van der Waals surface area contributed by atoms with E-state index >= 15 is 0 Å². The monoisotopic (exact) mass is 332 g/mol. The third-order valence-electron chi connectivity index (χ3n) is 3.11. The standard InChI is InChI=1S/C11H19Cl3N2OS/c1-16(9(18-2)11(12,13)14)10(17)15-8-6-4-3-5-7-8/h8-9H,3-7H2,1-2H3,(H,15,17). The van der Waals surface area contributed by atoms with Gasteiger partial charge in [-0.15, -0.1) is 11.8 Å². The van der Waals surface area contributed by atoms with Crippen LogP contribution in [0, 0.1) is 0 Å². The van der Waals surface area contributed by atoms with Crippen LogP contribution in [-0.2, 0) is 0 Å². The van der Waals surface area contributed by atoms with E-state index in [1.54, 1.807) is 7.05 Å². The van der Waals surface area contributed by atoms with Crippen LogP contribution >= 0.6 is 46.6 Å². The number of hydrogen-bond acceptors (Lipinski definition) is 2. The molecule has 1 aliphatic carbocycles. The molecular weight excluding hydrogens is 315 g/mol. The fourth-order valence-electron chi connectivity index (χ4n) is 2.14. The molecule has 0 aliphatic heterocycles. The van der Waals surface area contributed by atoms with Crippen LogP contribution in [0.15, 0.2) is 0 Å². The minimum absolute atomic E-state index is 0.174. The van der Waals surface area contributed by atoms with Crippen LogP contribution in [0.1, 0.15) is 32.1 Å². The summed E-state index contributed by atoms with van der Waals surface area (Å²) in [6.45, 7) is 0. The fraction of sp³-hybridized carbons (Fsp3) is 0.909. The lowest BCUT2D eigenvalue weighted by Gasteiger charge is -2.33. The lowest BCUT2D eigenvalue weighted by molar-refractivity contribution is 0.197. The molecule has 1 saturated carbocycles. The van der Waals surface area contributed by atoms with E-state index in [2.05, 4.69) is 5.32 Å². The van der Waals surface area contributed by atoms with Gasteiger partial charge in [-0.3, -0.25) is 0 Å². The molecule has 0 bridgehead atoms. The summed E-state index contributed by atoms with van der Waals surface area (Å²) in [4.78, 5) is 13.5. The Morgan fingerprint density at radius 1 is 1.33 bits per heavy atom. The highest BCUT2D eigenvalue weighted by molar-refractivity contribution is 7.99. The van der Waals surface area contributed by atoms with Gasteiger partial charge in [-0.1, -0.05) is 54.1 Å². The highest BCUT2D eigenvalue weighted by Crippen LogP contribution is 2.38. The molecule has 106 valence electrons. The van der Waals surface area contributed by atoms with Crippen LogP contribution in [0.3, 0.4) is 0 Å². The molecule has 2 amide bonds. The second-order valence-corrected chi connectivity index (χ2v) is 7.81. The fourth-order valence-corrected chi connectivity index (χ4v) is 4.06. The van der Waals surface area contributed by atoms with E-state index in [-0.39, 0.29) is 12.1 Å². The number of rotatable bonds is 3. The first-order valence-electron chi connectivity index (χ1n) is 5.99. The molecule has 7 heteroatoms. The molecule has 0 saturated heterocycles. The second-order valence-electron chi connectivity index (χ2n) is 4.53. The Balaban J connectivity index is 2.53. The Kier molecular flexibility index (Phi) is 6.73. The third-order valence-corrected chi connectivity index (χ3v) is 5.23. The molecule has 0 aromatic rings. The van der Waals surface area contributed by atoms with Crippen LogP contribution in [0.5, 0.6) is 0 Å². The first kappa shape index (κ1) is 16.5. The minimum atomic E-state index is -1.49. The van der Waals surface area contributed by atoms with Crippen LogP contribution in [-0.4, -0.2) is 39.4 Å². The van der Waals surface area contributed by atoms with Gasteiger partial charge in [-0.2, -0.15) is 0 Å². The first-order valence-corrected chi connectivity index (χ1v) is 8.41. The maximum atomic E-state index is 12.1.